The smallest absolute Gasteiger partial charge is 0.409 e. The topological polar surface area (TPSA) is 57.7 Å². The van der Waals surface area contributed by atoms with E-state index in [1.165, 1.54) is 5.56 Å². The highest BCUT2D eigenvalue weighted by Gasteiger charge is 2.21. The maximum atomic E-state index is 11.6. The summed E-state index contributed by atoms with van der Waals surface area (Å²) >= 11 is 0. The summed E-state index contributed by atoms with van der Waals surface area (Å²) in [6.07, 6.45) is 1.62. The van der Waals surface area contributed by atoms with Gasteiger partial charge in [-0.2, -0.15) is 0 Å². The lowest BCUT2D eigenvalue weighted by atomic mass is 10.2. The molecule has 1 N–H and O–H groups in total. The predicted octanol–water partition coefficient (Wildman–Crippen LogP) is 1.40. The van der Waals surface area contributed by atoms with Crippen molar-refractivity contribution in [2.45, 2.75) is 13.5 Å². The van der Waals surface area contributed by atoms with E-state index in [0.29, 0.717) is 6.61 Å². The highest BCUT2D eigenvalue weighted by atomic mass is 16.6. The summed E-state index contributed by atoms with van der Waals surface area (Å²) in [5.41, 5.74) is 1.23. The molecule has 0 saturated carbocycles. The van der Waals surface area contributed by atoms with Crippen molar-refractivity contribution in [2.24, 2.45) is 0 Å². The van der Waals surface area contributed by atoms with Crippen molar-refractivity contribution < 1.29 is 9.53 Å². The SMILES string of the molecule is CCOC(=O)N1CCN(Cc2ccnc(NC)c2)CC1. The number of nitrogens with one attached hydrogen (secondary N) is 1. The second kappa shape index (κ2) is 7.09. The van der Waals surface area contributed by atoms with Gasteiger partial charge in [0, 0.05) is 46.0 Å². The summed E-state index contributed by atoms with van der Waals surface area (Å²) in [6, 6.07) is 4.08. The average molecular weight is 278 g/mol. The van der Waals surface area contributed by atoms with Gasteiger partial charge in [0.2, 0.25) is 0 Å². The van der Waals surface area contributed by atoms with Gasteiger partial charge in [0.25, 0.3) is 0 Å². The van der Waals surface area contributed by atoms with E-state index in [1.807, 2.05) is 26.2 Å². The molecular formula is C14H22N4O2. The Morgan fingerprint density at radius 2 is 2.15 bits per heavy atom. The first kappa shape index (κ1) is 14.6. The van der Waals surface area contributed by atoms with Gasteiger partial charge in [-0.1, -0.05) is 0 Å². The minimum Gasteiger partial charge on any atom is -0.450 e. The number of hydrogen-bond donors (Lipinski definition) is 1. The molecule has 1 saturated heterocycles. The Bertz CT molecular complexity index is 445. The van der Waals surface area contributed by atoms with Gasteiger partial charge in [0.15, 0.2) is 0 Å². The summed E-state index contributed by atoms with van der Waals surface area (Å²) in [5, 5.41) is 3.04. The Labute approximate surface area is 119 Å². The molecule has 0 spiro atoms. The zero-order valence-electron chi connectivity index (χ0n) is 12.1. The van der Waals surface area contributed by atoms with Crippen molar-refractivity contribution in [3.05, 3.63) is 23.9 Å². The van der Waals surface area contributed by atoms with Gasteiger partial charge in [-0.15, -0.1) is 0 Å². The van der Waals surface area contributed by atoms with E-state index in [9.17, 15) is 4.79 Å². The molecule has 6 nitrogen and oxygen atoms in total. The Kier molecular flexibility index (Phi) is 5.17. The average Bonchev–Trinajstić information content (AvgIpc) is 2.48. The van der Waals surface area contributed by atoms with Crippen molar-refractivity contribution in [1.29, 1.82) is 0 Å². The van der Waals surface area contributed by atoms with Gasteiger partial charge in [-0.3, -0.25) is 4.90 Å². The first-order valence-corrected chi connectivity index (χ1v) is 6.99. The monoisotopic (exact) mass is 278 g/mol. The molecule has 1 aliphatic heterocycles. The second-order valence-electron chi connectivity index (χ2n) is 4.76. The minimum absolute atomic E-state index is 0.200. The molecule has 110 valence electrons. The van der Waals surface area contributed by atoms with Gasteiger partial charge in [0.1, 0.15) is 5.82 Å². The molecule has 0 atom stereocenters. The zero-order chi connectivity index (χ0) is 14.4. The van der Waals surface area contributed by atoms with Crippen molar-refractivity contribution in [2.75, 3.05) is 45.2 Å². The summed E-state index contributed by atoms with van der Waals surface area (Å²) in [5.74, 6) is 0.882. The quantitative estimate of drug-likeness (QED) is 0.902. The lowest BCUT2D eigenvalue weighted by Crippen LogP contribution is -2.48. The number of piperazine rings is 1. The predicted molar refractivity (Wildman–Crippen MR) is 77.7 cm³/mol. The molecule has 0 unspecified atom stereocenters. The number of ether oxygens (including phenoxy) is 1. The number of aromatic nitrogens is 1. The number of amides is 1. The van der Waals surface area contributed by atoms with Gasteiger partial charge in [0.05, 0.1) is 6.61 Å². The number of carbonyl (C=O) groups excluding carboxylic acids is 1. The molecule has 1 amide bonds. The molecule has 20 heavy (non-hydrogen) atoms. The van der Waals surface area contributed by atoms with Crippen LogP contribution in [0.4, 0.5) is 10.6 Å². The molecule has 1 fully saturated rings. The van der Waals surface area contributed by atoms with Crippen molar-refractivity contribution >= 4 is 11.9 Å². The molecule has 1 aromatic heterocycles. The fourth-order valence-corrected chi connectivity index (χ4v) is 2.27. The number of rotatable bonds is 4. The van der Waals surface area contributed by atoms with E-state index in [4.69, 9.17) is 4.74 Å². The molecule has 1 aliphatic rings. The first-order valence-electron chi connectivity index (χ1n) is 6.99. The normalized spacial score (nSPS) is 16.0. The lowest BCUT2D eigenvalue weighted by Gasteiger charge is -2.34. The fourth-order valence-electron chi connectivity index (χ4n) is 2.27. The highest BCUT2D eigenvalue weighted by Crippen LogP contribution is 2.11. The summed E-state index contributed by atoms with van der Waals surface area (Å²) in [4.78, 5) is 19.9. The van der Waals surface area contributed by atoms with Crippen molar-refractivity contribution in [3.8, 4) is 0 Å². The van der Waals surface area contributed by atoms with E-state index in [0.717, 1.165) is 38.5 Å². The molecule has 6 heteroatoms. The third kappa shape index (κ3) is 3.84. The Balaban J connectivity index is 1.83. The van der Waals surface area contributed by atoms with E-state index in [1.54, 1.807) is 4.90 Å². The van der Waals surface area contributed by atoms with E-state index < -0.39 is 0 Å². The zero-order valence-corrected chi connectivity index (χ0v) is 12.1. The van der Waals surface area contributed by atoms with Crippen LogP contribution in [0.15, 0.2) is 18.3 Å². The van der Waals surface area contributed by atoms with Crippen LogP contribution in [0.2, 0.25) is 0 Å². The third-order valence-corrected chi connectivity index (χ3v) is 3.38. The standard InChI is InChI=1S/C14H22N4O2/c1-3-20-14(19)18-8-6-17(7-9-18)11-12-4-5-16-13(10-12)15-2/h4-5,10H,3,6-9,11H2,1-2H3,(H,15,16). The van der Waals surface area contributed by atoms with Gasteiger partial charge < -0.3 is 15.0 Å². The Morgan fingerprint density at radius 3 is 2.80 bits per heavy atom. The number of anilines is 1. The molecule has 2 rings (SSSR count). The first-order chi connectivity index (χ1) is 9.72. The van der Waals surface area contributed by atoms with Crippen LogP contribution in [0.25, 0.3) is 0 Å². The number of pyridine rings is 1. The number of carbonyl (C=O) groups is 1. The maximum absolute atomic E-state index is 11.6. The second-order valence-corrected chi connectivity index (χ2v) is 4.76. The van der Waals surface area contributed by atoms with Crippen LogP contribution in [-0.2, 0) is 11.3 Å². The van der Waals surface area contributed by atoms with Crippen LogP contribution in [-0.4, -0.2) is 60.7 Å². The van der Waals surface area contributed by atoms with Crippen LogP contribution < -0.4 is 5.32 Å². The molecule has 0 radical (unpaired) electrons. The molecule has 1 aromatic rings. The van der Waals surface area contributed by atoms with E-state index >= 15 is 0 Å². The summed E-state index contributed by atoms with van der Waals surface area (Å²) in [7, 11) is 1.87. The lowest BCUT2D eigenvalue weighted by molar-refractivity contribution is 0.0778. The number of nitrogens with zero attached hydrogens (tertiary/aromatic N) is 3. The van der Waals surface area contributed by atoms with Gasteiger partial charge in [-0.25, -0.2) is 9.78 Å². The molecule has 2 heterocycles. The van der Waals surface area contributed by atoms with Gasteiger partial charge in [-0.05, 0) is 24.6 Å². The maximum Gasteiger partial charge on any atom is 0.409 e. The van der Waals surface area contributed by atoms with Crippen LogP contribution in [0.5, 0.6) is 0 Å². The highest BCUT2D eigenvalue weighted by molar-refractivity contribution is 5.67. The summed E-state index contributed by atoms with van der Waals surface area (Å²) < 4.78 is 5.02. The summed E-state index contributed by atoms with van der Waals surface area (Å²) in [6.45, 7) is 6.34. The Morgan fingerprint density at radius 1 is 1.40 bits per heavy atom. The minimum atomic E-state index is -0.200. The van der Waals surface area contributed by atoms with Crippen LogP contribution in [0, 0.1) is 0 Å². The van der Waals surface area contributed by atoms with Crippen molar-refractivity contribution in [1.82, 2.24) is 14.8 Å². The fraction of sp³-hybridized carbons (Fsp3) is 0.571. The van der Waals surface area contributed by atoms with Crippen molar-refractivity contribution in [3.63, 3.8) is 0 Å². The number of hydrogen-bond acceptors (Lipinski definition) is 5. The van der Waals surface area contributed by atoms with Gasteiger partial charge >= 0.3 is 6.09 Å². The third-order valence-electron chi connectivity index (χ3n) is 3.38. The largest absolute Gasteiger partial charge is 0.450 e. The molecule has 0 aromatic carbocycles. The van der Waals surface area contributed by atoms with Crippen LogP contribution in [0.1, 0.15) is 12.5 Å². The van der Waals surface area contributed by atoms with Crippen LogP contribution in [0.3, 0.4) is 0 Å². The van der Waals surface area contributed by atoms with Crippen LogP contribution >= 0.6 is 0 Å². The molecule has 0 bridgehead atoms. The van der Waals surface area contributed by atoms with E-state index in [2.05, 4.69) is 21.3 Å². The molecular weight excluding hydrogens is 256 g/mol. The Hall–Kier alpha value is -1.82. The molecule has 0 aliphatic carbocycles. The van der Waals surface area contributed by atoms with E-state index in [-0.39, 0.29) is 6.09 Å².